The van der Waals surface area contributed by atoms with E-state index >= 15 is 0 Å². The Bertz CT molecular complexity index is 1550. The number of alkyl halides is 8. The summed E-state index contributed by atoms with van der Waals surface area (Å²) in [7, 11) is 0. The summed E-state index contributed by atoms with van der Waals surface area (Å²) in [6.07, 6.45) is -5.05. The van der Waals surface area contributed by atoms with Gasteiger partial charge in [0.15, 0.2) is 0 Å². The molecule has 1 fully saturated rings. The van der Waals surface area contributed by atoms with Gasteiger partial charge < -0.3 is 15.7 Å². The minimum absolute atomic E-state index is 0.0576. The number of nitrogens with zero attached hydrogens (tertiary/aromatic N) is 1. The maximum Gasteiger partial charge on any atom is 0.416 e. The molecule has 0 aliphatic heterocycles. The van der Waals surface area contributed by atoms with Crippen LogP contribution in [0.2, 0.25) is 0 Å². The number of halogens is 8. The number of carbonyl (C=O) groups is 3. The molecule has 0 aromatic heterocycles. The van der Waals surface area contributed by atoms with Crippen LogP contribution in [0.25, 0.3) is 0 Å². The fourth-order valence-electron chi connectivity index (χ4n) is 5.17. The first-order valence-corrected chi connectivity index (χ1v) is 14.4. The molecule has 1 aliphatic carbocycles. The lowest BCUT2D eigenvalue weighted by Crippen LogP contribution is -2.42. The third-order valence-corrected chi connectivity index (χ3v) is 7.71. The van der Waals surface area contributed by atoms with Gasteiger partial charge in [0.1, 0.15) is 0 Å². The molecular formula is C32H29F8N3O4. The van der Waals surface area contributed by atoms with Crippen LogP contribution in [-0.2, 0) is 23.7 Å². The van der Waals surface area contributed by atoms with Gasteiger partial charge in [-0.1, -0.05) is 43.5 Å². The van der Waals surface area contributed by atoms with E-state index in [2.05, 4.69) is 5.32 Å². The molecule has 4 rings (SSSR count). The predicted molar refractivity (Wildman–Crippen MR) is 155 cm³/mol. The Labute approximate surface area is 263 Å². The monoisotopic (exact) mass is 671 g/mol. The molecule has 0 atom stereocenters. The maximum absolute atomic E-state index is 13.5. The van der Waals surface area contributed by atoms with E-state index in [0.717, 1.165) is 42.6 Å². The first-order valence-electron chi connectivity index (χ1n) is 14.4. The standard InChI is InChI=1S/C32H29F8N3O4/c33-30(34,28(45)46)18-41-27(44)22-8-6-19(7-9-22)17-43(26-12-10-21(11-13-26)20-4-2-1-3-5-20)29(47)42-25-15-23(31(35,36)37)14-24(16-25)32(38,39)40/h6-16,20H,1-5,17-18H2,(H,41,44)(H,42,47)(H,45,46). The van der Waals surface area contributed by atoms with Crippen molar-refractivity contribution in [2.75, 3.05) is 16.8 Å². The van der Waals surface area contributed by atoms with Crippen molar-refractivity contribution in [2.24, 2.45) is 0 Å². The van der Waals surface area contributed by atoms with Crippen LogP contribution in [0.15, 0.2) is 66.7 Å². The molecule has 47 heavy (non-hydrogen) atoms. The second kappa shape index (κ2) is 14.0. The average molecular weight is 672 g/mol. The Morgan fingerprint density at radius 1 is 0.766 bits per heavy atom. The number of urea groups is 1. The van der Waals surface area contributed by atoms with Gasteiger partial charge in [0, 0.05) is 16.9 Å². The summed E-state index contributed by atoms with van der Waals surface area (Å²) in [6, 6.07) is 11.6. The second-order valence-corrected chi connectivity index (χ2v) is 11.1. The number of aliphatic carboxylic acids is 1. The van der Waals surface area contributed by atoms with Gasteiger partial charge in [0.25, 0.3) is 5.91 Å². The highest BCUT2D eigenvalue weighted by molar-refractivity contribution is 6.02. The van der Waals surface area contributed by atoms with Gasteiger partial charge in [-0.05, 0) is 72.4 Å². The molecule has 0 saturated heterocycles. The molecule has 3 aromatic rings. The van der Waals surface area contributed by atoms with Crippen LogP contribution < -0.4 is 15.5 Å². The quantitative estimate of drug-likeness (QED) is 0.199. The molecule has 3 amide bonds. The first-order chi connectivity index (χ1) is 21.9. The maximum atomic E-state index is 13.5. The van der Waals surface area contributed by atoms with E-state index in [-0.39, 0.29) is 23.9 Å². The summed E-state index contributed by atoms with van der Waals surface area (Å²) < 4.78 is 107. The zero-order chi connectivity index (χ0) is 34.6. The number of anilines is 2. The summed E-state index contributed by atoms with van der Waals surface area (Å²) in [5.74, 6) is -7.32. The largest absolute Gasteiger partial charge is 0.477 e. The fraction of sp³-hybridized carbons (Fsp3) is 0.344. The minimum atomic E-state index is -5.13. The van der Waals surface area contributed by atoms with Crippen molar-refractivity contribution in [3.05, 3.63) is 94.5 Å². The number of carboxylic acids is 1. The molecule has 252 valence electrons. The lowest BCUT2D eigenvalue weighted by atomic mass is 9.84. The molecule has 1 saturated carbocycles. The number of benzene rings is 3. The Morgan fingerprint density at radius 3 is 1.83 bits per heavy atom. The van der Waals surface area contributed by atoms with Gasteiger partial charge in [-0.2, -0.15) is 35.1 Å². The minimum Gasteiger partial charge on any atom is -0.477 e. The van der Waals surface area contributed by atoms with Gasteiger partial charge in [0.2, 0.25) is 0 Å². The van der Waals surface area contributed by atoms with Gasteiger partial charge in [-0.15, -0.1) is 0 Å². The summed E-state index contributed by atoms with van der Waals surface area (Å²) in [5.41, 5.74) is -2.45. The summed E-state index contributed by atoms with van der Waals surface area (Å²) in [4.78, 5) is 37.4. The normalized spacial score (nSPS) is 14.4. The van der Waals surface area contributed by atoms with Crippen LogP contribution in [0.5, 0.6) is 0 Å². The molecule has 3 N–H and O–H groups in total. The van der Waals surface area contributed by atoms with Gasteiger partial charge in [-0.3, -0.25) is 9.69 Å². The van der Waals surface area contributed by atoms with Crippen LogP contribution >= 0.6 is 0 Å². The van der Waals surface area contributed by atoms with Crippen LogP contribution in [-0.4, -0.2) is 35.5 Å². The Balaban J connectivity index is 1.61. The van der Waals surface area contributed by atoms with Crippen LogP contribution in [0.1, 0.15) is 70.6 Å². The third-order valence-electron chi connectivity index (χ3n) is 7.71. The smallest absolute Gasteiger partial charge is 0.416 e. The molecule has 0 heterocycles. The SMILES string of the molecule is O=C(NCC(F)(F)C(=O)O)c1ccc(CN(C(=O)Nc2cc(C(F)(F)F)cc(C(F)(F)F)c2)c2ccc(C3CCCCC3)cc2)cc1. The van der Waals surface area contributed by atoms with Crippen molar-refractivity contribution < 1.29 is 54.6 Å². The van der Waals surface area contributed by atoms with Gasteiger partial charge in [-0.25, -0.2) is 9.59 Å². The zero-order valence-electron chi connectivity index (χ0n) is 24.5. The van der Waals surface area contributed by atoms with Crippen LogP contribution in [0.4, 0.5) is 51.3 Å². The zero-order valence-corrected chi connectivity index (χ0v) is 24.5. The molecule has 0 radical (unpaired) electrons. The lowest BCUT2D eigenvalue weighted by Gasteiger charge is -2.26. The molecular weight excluding hydrogens is 642 g/mol. The highest BCUT2D eigenvalue weighted by Crippen LogP contribution is 2.38. The van der Waals surface area contributed by atoms with Gasteiger partial charge in [0.05, 0.1) is 24.2 Å². The number of rotatable bonds is 9. The first kappa shape index (κ1) is 35.2. The fourth-order valence-corrected chi connectivity index (χ4v) is 5.17. The van der Waals surface area contributed by atoms with Crippen molar-refractivity contribution in [2.45, 2.75) is 62.8 Å². The predicted octanol–water partition coefficient (Wildman–Crippen LogP) is 8.46. The molecule has 3 aromatic carbocycles. The van der Waals surface area contributed by atoms with E-state index in [1.807, 2.05) is 5.32 Å². The van der Waals surface area contributed by atoms with Crippen molar-refractivity contribution in [3.63, 3.8) is 0 Å². The number of nitrogens with one attached hydrogen (secondary N) is 2. The van der Waals surface area contributed by atoms with E-state index in [9.17, 15) is 49.5 Å². The number of hydrogen-bond acceptors (Lipinski definition) is 3. The van der Waals surface area contributed by atoms with Gasteiger partial charge >= 0.3 is 30.3 Å². The van der Waals surface area contributed by atoms with Crippen molar-refractivity contribution in [1.29, 1.82) is 0 Å². The molecule has 0 bridgehead atoms. The average Bonchev–Trinajstić information content (AvgIpc) is 3.02. The highest BCUT2D eigenvalue weighted by atomic mass is 19.4. The topological polar surface area (TPSA) is 98.7 Å². The molecule has 0 spiro atoms. The molecule has 15 heteroatoms. The van der Waals surface area contributed by atoms with E-state index in [0.29, 0.717) is 23.6 Å². The van der Waals surface area contributed by atoms with Crippen molar-refractivity contribution >= 4 is 29.3 Å². The van der Waals surface area contributed by atoms with E-state index in [1.165, 1.54) is 24.3 Å². The molecule has 1 aliphatic rings. The number of carboxylic acid groups (broad SMARTS) is 1. The van der Waals surface area contributed by atoms with E-state index < -0.39 is 59.5 Å². The number of hydrogen-bond donors (Lipinski definition) is 3. The van der Waals surface area contributed by atoms with Crippen molar-refractivity contribution in [1.82, 2.24) is 5.32 Å². The van der Waals surface area contributed by atoms with Crippen LogP contribution in [0.3, 0.4) is 0 Å². The lowest BCUT2D eigenvalue weighted by molar-refractivity contribution is -0.163. The molecule has 7 nitrogen and oxygen atoms in total. The number of amides is 3. The summed E-state index contributed by atoms with van der Waals surface area (Å²) in [6.45, 7) is -1.72. The summed E-state index contributed by atoms with van der Waals surface area (Å²) in [5, 5.41) is 12.5. The highest BCUT2D eigenvalue weighted by Gasteiger charge is 2.39. The molecule has 0 unspecified atom stereocenters. The van der Waals surface area contributed by atoms with Crippen molar-refractivity contribution in [3.8, 4) is 0 Å². The second-order valence-electron chi connectivity index (χ2n) is 11.1. The van der Waals surface area contributed by atoms with E-state index in [4.69, 9.17) is 5.11 Å². The Kier molecular flexibility index (Phi) is 10.5. The Morgan fingerprint density at radius 2 is 1.32 bits per heavy atom. The Hall–Kier alpha value is -4.69. The third kappa shape index (κ3) is 9.20. The summed E-state index contributed by atoms with van der Waals surface area (Å²) >= 11 is 0. The van der Waals surface area contributed by atoms with E-state index in [1.54, 1.807) is 24.3 Å². The number of carbonyl (C=O) groups excluding carboxylic acids is 2. The van der Waals surface area contributed by atoms with Crippen LogP contribution in [0, 0.1) is 0 Å².